The first-order valence-corrected chi connectivity index (χ1v) is 3.89. The molecule has 60 valence electrons. The number of hydroxylamine groups is 2. The number of hydrogen-bond acceptors (Lipinski definition) is 3. The number of hydrogen-bond donors (Lipinski definition) is 1. The summed E-state index contributed by atoms with van der Waals surface area (Å²) >= 11 is 0. The maximum atomic E-state index is 8.84. The summed E-state index contributed by atoms with van der Waals surface area (Å²) < 4.78 is 0. The van der Waals surface area contributed by atoms with Crippen molar-refractivity contribution >= 4 is 0 Å². The molecule has 0 aromatic carbocycles. The minimum Gasteiger partial charge on any atom is -0.367 e. The van der Waals surface area contributed by atoms with Gasteiger partial charge in [0.2, 0.25) is 0 Å². The van der Waals surface area contributed by atoms with E-state index in [4.69, 9.17) is 9.94 Å². The van der Waals surface area contributed by atoms with Crippen LogP contribution in [0.4, 0.5) is 0 Å². The van der Waals surface area contributed by atoms with Gasteiger partial charge in [-0.2, -0.15) is 5.06 Å². The van der Waals surface area contributed by atoms with Gasteiger partial charge in [-0.1, -0.05) is 6.42 Å². The molecule has 1 rings (SSSR count). The van der Waals surface area contributed by atoms with Crippen molar-refractivity contribution in [2.45, 2.75) is 32.5 Å². The summed E-state index contributed by atoms with van der Waals surface area (Å²) in [6.07, 6.45) is 3.01. The zero-order valence-corrected chi connectivity index (χ0v) is 6.42. The molecule has 1 aliphatic rings. The van der Waals surface area contributed by atoms with E-state index in [0.717, 1.165) is 13.1 Å². The summed E-state index contributed by atoms with van der Waals surface area (Å²) in [5.41, 5.74) is 0. The van der Waals surface area contributed by atoms with Crippen LogP contribution in [0.25, 0.3) is 0 Å². The minimum absolute atomic E-state index is 0.655. The Kier molecular flexibility index (Phi) is 3.12. The molecule has 1 heterocycles. The molecular formula is C7H15NO2. The van der Waals surface area contributed by atoms with Crippen LogP contribution in [-0.4, -0.2) is 29.5 Å². The molecule has 0 aromatic rings. The van der Waals surface area contributed by atoms with Gasteiger partial charge in [0.05, 0.1) is 0 Å². The van der Waals surface area contributed by atoms with Gasteiger partial charge in [0.15, 0.2) is 6.29 Å². The monoisotopic (exact) mass is 145 g/mol. The molecule has 3 heteroatoms. The van der Waals surface area contributed by atoms with Crippen LogP contribution in [0.2, 0.25) is 0 Å². The number of nitrogens with zero attached hydrogens (tertiary/aromatic N) is 1. The molecule has 1 aliphatic heterocycles. The third-order valence-corrected chi connectivity index (χ3v) is 1.62. The first kappa shape index (κ1) is 7.98. The Morgan fingerprint density at radius 1 is 1.30 bits per heavy atom. The Morgan fingerprint density at radius 3 is 2.40 bits per heavy atom. The van der Waals surface area contributed by atoms with Gasteiger partial charge in [-0.15, -0.1) is 0 Å². The molecule has 3 nitrogen and oxygen atoms in total. The van der Waals surface area contributed by atoms with Crippen LogP contribution in [0.15, 0.2) is 0 Å². The molecule has 10 heavy (non-hydrogen) atoms. The van der Waals surface area contributed by atoms with Crippen molar-refractivity contribution in [2.24, 2.45) is 0 Å². The molecule has 1 unspecified atom stereocenters. The van der Waals surface area contributed by atoms with E-state index in [1.165, 1.54) is 19.3 Å². The third kappa shape index (κ3) is 2.64. The predicted molar refractivity (Wildman–Crippen MR) is 38.2 cm³/mol. The Balaban J connectivity index is 2.13. The normalized spacial score (nSPS) is 24.6. The van der Waals surface area contributed by atoms with Crippen LogP contribution in [0, 0.1) is 0 Å². The SMILES string of the molecule is CC(O)ON1CCCCC1. The van der Waals surface area contributed by atoms with Crippen molar-refractivity contribution in [3.63, 3.8) is 0 Å². The molecule has 0 radical (unpaired) electrons. The van der Waals surface area contributed by atoms with Crippen LogP contribution in [-0.2, 0) is 4.84 Å². The van der Waals surface area contributed by atoms with Gasteiger partial charge in [-0.05, 0) is 19.8 Å². The van der Waals surface area contributed by atoms with E-state index in [2.05, 4.69) is 0 Å². The highest BCUT2D eigenvalue weighted by atomic mass is 16.7. The molecule has 1 fully saturated rings. The average molecular weight is 145 g/mol. The summed E-state index contributed by atoms with van der Waals surface area (Å²) in [4.78, 5) is 5.08. The van der Waals surface area contributed by atoms with Crippen molar-refractivity contribution in [2.75, 3.05) is 13.1 Å². The second-order valence-corrected chi connectivity index (χ2v) is 2.69. The number of piperidine rings is 1. The molecule has 0 saturated carbocycles. The first-order valence-electron chi connectivity index (χ1n) is 3.89. The smallest absolute Gasteiger partial charge is 0.171 e. The molecule has 1 N–H and O–H groups in total. The highest BCUT2D eigenvalue weighted by Gasteiger charge is 2.11. The van der Waals surface area contributed by atoms with Crippen LogP contribution in [0.1, 0.15) is 26.2 Å². The minimum atomic E-state index is -0.655. The number of rotatable bonds is 2. The molecule has 1 saturated heterocycles. The highest BCUT2D eigenvalue weighted by Crippen LogP contribution is 2.09. The molecule has 0 aliphatic carbocycles. The van der Waals surface area contributed by atoms with Crippen LogP contribution in [0.5, 0.6) is 0 Å². The van der Waals surface area contributed by atoms with Crippen molar-refractivity contribution < 1.29 is 9.94 Å². The number of aliphatic hydroxyl groups is 1. The highest BCUT2D eigenvalue weighted by molar-refractivity contribution is 4.56. The fraction of sp³-hybridized carbons (Fsp3) is 1.00. The van der Waals surface area contributed by atoms with Gasteiger partial charge in [0.25, 0.3) is 0 Å². The predicted octanol–water partition coefficient (Wildman–Crippen LogP) is 0.742. The average Bonchev–Trinajstić information content (AvgIpc) is 1.88. The lowest BCUT2D eigenvalue weighted by Crippen LogP contribution is -2.33. The second kappa shape index (κ2) is 3.91. The van der Waals surface area contributed by atoms with Crippen molar-refractivity contribution in [3.05, 3.63) is 0 Å². The lowest BCUT2D eigenvalue weighted by molar-refractivity contribution is -0.261. The van der Waals surface area contributed by atoms with E-state index in [-0.39, 0.29) is 0 Å². The van der Waals surface area contributed by atoms with E-state index in [1.807, 2.05) is 5.06 Å². The first-order chi connectivity index (χ1) is 4.79. The Morgan fingerprint density at radius 2 is 1.90 bits per heavy atom. The Hall–Kier alpha value is -0.120. The van der Waals surface area contributed by atoms with E-state index in [1.54, 1.807) is 6.92 Å². The zero-order chi connectivity index (χ0) is 7.40. The fourth-order valence-corrected chi connectivity index (χ4v) is 1.19. The lowest BCUT2D eigenvalue weighted by atomic mass is 10.2. The molecule has 0 bridgehead atoms. The molecule has 1 atom stereocenters. The molecule has 0 spiro atoms. The summed E-state index contributed by atoms with van der Waals surface area (Å²) in [7, 11) is 0. The largest absolute Gasteiger partial charge is 0.367 e. The standard InChI is InChI=1S/C7H15NO2/c1-7(9)10-8-5-3-2-4-6-8/h7,9H,2-6H2,1H3. The summed E-state index contributed by atoms with van der Waals surface area (Å²) in [6.45, 7) is 3.56. The zero-order valence-electron chi connectivity index (χ0n) is 6.42. The maximum Gasteiger partial charge on any atom is 0.171 e. The van der Waals surface area contributed by atoms with Crippen LogP contribution in [0.3, 0.4) is 0 Å². The summed E-state index contributed by atoms with van der Waals surface area (Å²) in [5, 5.41) is 10.7. The van der Waals surface area contributed by atoms with E-state index in [0.29, 0.717) is 0 Å². The van der Waals surface area contributed by atoms with Crippen molar-refractivity contribution in [3.8, 4) is 0 Å². The topological polar surface area (TPSA) is 32.7 Å². The van der Waals surface area contributed by atoms with Crippen molar-refractivity contribution in [1.82, 2.24) is 5.06 Å². The van der Waals surface area contributed by atoms with Crippen molar-refractivity contribution in [1.29, 1.82) is 0 Å². The third-order valence-electron chi connectivity index (χ3n) is 1.62. The van der Waals surface area contributed by atoms with Gasteiger partial charge in [0.1, 0.15) is 0 Å². The Bertz CT molecular complexity index is 89.6. The van der Waals surface area contributed by atoms with E-state index in [9.17, 15) is 0 Å². The summed E-state index contributed by atoms with van der Waals surface area (Å²) in [6, 6.07) is 0. The van der Waals surface area contributed by atoms with Gasteiger partial charge in [0, 0.05) is 13.1 Å². The second-order valence-electron chi connectivity index (χ2n) is 2.69. The van der Waals surface area contributed by atoms with E-state index >= 15 is 0 Å². The molecule has 0 aromatic heterocycles. The van der Waals surface area contributed by atoms with Crippen LogP contribution < -0.4 is 0 Å². The lowest BCUT2D eigenvalue weighted by Gasteiger charge is -2.26. The maximum absolute atomic E-state index is 8.84. The van der Waals surface area contributed by atoms with Gasteiger partial charge in [-0.3, -0.25) is 4.84 Å². The van der Waals surface area contributed by atoms with Gasteiger partial charge in [-0.25, -0.2) is 0 Å². The van der Waals surface area contributed by atoms with Gasteiger partial charge >= 0.3 is 0 Å². The molecule has 0 amide bonds. The Labute approximate surface area is 61.5 Å². The van der Waals surface area contributed by atoms with E-state index < -0.39 is 6.29 Å². The number of aliphatic hydroxyl groups excluding tert-OH is 1. The molecular weight excluding hydrogens is 130 g/mol. The fourth-order valence-electron chi connectivity index (χ4n) is 1.19. The van der Waals surface area contributed by atoms with Gasteiger partial charge < -0.3 is 5.11 Å². The quantitative estimate of drug-likeness (QED) is 0.582. The summed E-state index contributed by atoms with van der Waals surface area (Å²) in [5.74, 6) is 0. The van der Waals surface area contributed by atoms with Crippen LogP contribution >= 0.6 is 0 Å².